The lowest BCUT2D eigenvalue weighted by molar-refractivity contribution is 0.112. The van der Waals surface area contributed by atoms with Crippen LogP contribution in [0.4, 0.5) is 16.2 Å². The lowest BCUT2D eigenvalue weighted by Crippen LogP contribution is -2.36. The van der Waals surface area contributed by atoms with E-state index in [9.17, 15) is 9.59 Å². The number of para-hydroxylation sites is 1. The molecular formula is C17H21N3O4. The fourth-order valence-corrected chi connectivity index (χ4v) is 2.79. The Bertz CT molecular complexity index is 781. The quantitative estimate of drug-likeness (QED) is 0.732. The molecule has 3 rings (SSSR count). The van der Waals surface area contributed by atoms with Gasteiger partial charge >= 0.3 is 11.7 Å². The van der Waals surface area contributed by atoms with Crippen LogP contribution in [0.5, 0.6) is 0 Å². The summed E-state index contributed by atoms with van der Waals surface area (Å²) in [6.45, 7) is 3.68. The highest BCUT2D eigenvalue weighted by molar-refractivity contribution is 6.01. The van der Waals surface area contributed by atoms with Gasteiger partial charge in [-0.3, -0.25) is 5.32 Å². The van der Waals surface area contributed by atoms with E-state index >= 15 is 0 Å². The lowest BCUT2D eigenvalue weighted by atomic mass is 10.2. The first kappa shape index (κ1) is 16.3. The summed E-state index contributed by atoms with van der Waals surface area (Å²) in [6.07, 6.45) is 1.98. The first-order valence-electron chi connectivity index (χ1n) is 8.15. The van der Waals surface area contributed by atoms with Crippen molar-refractivity contribution in [2.75, 3.05) is 30.3 Å². The van der Waals surface area contributed by atoms with Crippen molar-refractivity contribution in [1.82, 2.24) is 5.32 Å². The van der Waals surface area contributed by atoms with Crippen molar-refractivity contribution in [3.8, 4) is 0 Å². The molecule has 1 aromatic heterocycles. The van der Waals surface area contributed by atoms with Crippen LogP contribution in [-0.2, 0) is 4.74 Å². The molecule has 0 saturated carbocycles. The van der Waals surface area contributed by atoms with E-state index in [0.29, 0.717) is 24.4 Å². The molecule has 24 heavy (non-hydrogen) atoms. The molecule has 7 heteroatoms. The van der Waals surface area contributed by atoms with Gasteiger partial charge in [0.2, 0.25) is 0 Å². The number of ether oxygens (including phenoxy) is 1. The van der Waals surface area contributed by atoms with Crippen LogP contribution in [0.3, 0.4) is 0 Å². The molecule has 2 amide bonds. The first-order chi connectivity index (χ1) is 11.7. The number of fused-ring (bicyclic) bond motifs is 1. The average Bonchev–Trinajstić information content (AvgIpc) is 3.09. The van der Waals surface area contributed by atoms with E-state index in [1.807, 2.05) is 19.1 Å². The molecule has 0 spiro atoms. The molecule has 1 aliphatic heterocycles. The molecule has 3 N–H and O–H groups in total. The maximum absolute atomic E-state index is 12.3. The molecule has 1 fully saturated rings. The Morgan fingerprint density at radius 3 is 2.88 bits per heavy atom. The van der Waals surface area contributed by atoms with Crippen molar-refractivity contribution in [1.29, 1.82) is 0 Å². The molecule has 1 aliphatic rings. The summed E-state index contributed by atoms with van der Waals surface area (Å²) in [6, 6.07) is 6.75. The van der Waals surface area contributed by atoms with E-state index in [1.165, 1.54) is 0 Å². The largest absolute Gasteiger partial charge is 0.421 e. The third kappa shape index (κ3) is 3.51. The minimum Gasteiger partial charge on any atom is -0.421 e. The molecule has 1 aromatic carbocycles. The maximum atomic E-state index is 12.3. The van der Waals surface area contributed by atoms with Gasteiger partial charge < -0.3 is 19.8 Å². The van der Waals surface area contributed by atoms with Crippen LogP contribution < -0.4 is 21.6 Å². The van der Waals surface area contributed by atoms with Gasteiger partial charge in [-0.2, -0.15) is 0 Å². The third-order valence-electron chi connectivity index (χ3n) is 3.92. The fraction of sp³-hybridized carbons (Fsp3) is 0.412. The number of rotatable bonds is 5. The first-order valence-corrected chi connectivity index (χ1v) is 8.15. The zero-order valence-electron chi connectivity index (χ0n) is 13.6. The number of benzene rings is 1. The Morgan fingerprint density at radius 2 is 2.12 bits per heavy atom. The van der Waals surface area contributed by atoms with E-state index < -0.39 is 11.7 Å². The van der Waals surface area contributed by atoms with Crippen molar-refractivity contribution in [2.45, 2.75) is 25.9 Å². The SMILES string of the molecule is CCNc1c(NC(=O)NC[C@H]2CCCO2)c(=O)oc2ccccc12. The molecule has 0 unspecified atom stereocenters. The van der Waals surface area contributed by atoms with Crippen LogP contribution >= 0.6 is 0 Å². The number of urea groups is 1. The molecule has 0 aliphatic carbocycles. The Hall–Kier alpha value is -2.54. The number of amides is 2. The number of carbonyl (C=O) groups is 1. The molecule has 128 valence electrons. The Balaban J connectivity index is 1.82. The second kappa shape index (κ2) is 7.35. The molecule has 2 aromatic rings. The molecule has 0 bridgehead atoms. The second-order valence-corrected chi connectivity index (χ2v) is 5.64. The molecule has 2 heterocycles. The number of anilines is 2. The van der Waals surface area contributed by atoms with E-state index in [4.69, 9.17) is 9.15 Å². The maximum Gasteiger partial charge on any atom is 0.362 e. The molecule has 1 saturated heterocycles. The number of nitrogens with one attached hydrogen (secondary N) is 3. The predicted molar refractivity (Wildman–Crippen MR) is 92.6 cm³/mol. The summed E-state index contributed by atoms with van der Waals surface area (Å²) < 4.78 is 10.8. The molecule has 0 radical (unpaired) electrons. The third-order valence-corrected chi connectivity index (χ3v) is 3.92. The van der Waals surface area contributed by atoms with Gasteiger partial charge in [0, 0.05) is 25.1 Å². The van der Waals surface area contributed by atoms with Crippen molar-refractivity contribution >= 4 is 28.4 Å². The van der Waals surface area contributed by atoms with Crippen LogP contribution in [0.1, 0.15) is 19.8 Å². The summed E-state index contributed by atoms with van der Waals surface area (Å²) in [4.78, 5) is 24.4. The molecule has 7 nitrogen and oxygen atoms in total. The van der Waals surface area contributed by atoms with Gasteiger partial charge in [-0.1, -0.05) is 12.1 Å². The second-order valence-electron chi connectivity index (χ2n) is 5.64. The van der Waals surface area contributed by atoms with E-state index in [1.54, 1.807) is 12.1 Å². The van der Waals surface area contributed by atoms with Crippen LogP contribution in [-0.4, -0.2) is 31.8 Å². The van der Waals surface area contributed by atoms with E-state index in [2.05, 4.69) is 16.0 Å². The Labute approximate surface area is 139 Å². The lowest BCUT2D eigenvalue weighted by Gasteiger charge is -2.15. The zero-order chi connectivity index (χ0) is 16.9. The summed E-state index contributed by atoms with van der Waals surface area (Å²) in [5.41, 5.74) is 0.567. The van der Waals surface area contributed by atoms with Gasteiger partial charge in [-0.25, -0.2) is 9.59 Å². The molecular weight excluding hydrogens is 310 g/mol. The van der Waals surface area contributed by atoms with Crippen molar-refractivity contribution in [3.63, 3.8) is 0 Å². The Kier molecular flexibility index (Phi) is 5.00. The average molecular weight is 331 g/mol. The van der Waals surface area contributed by atoms with E-state index in [0.717, 1.165) is 24.8 Å². The minimum atomic E-state index is -0.586. The smallest absolute Gasteiger partial charge is 0.362 e. The van der Waals surface area contributed by atoms with Gasteiger partial charge in [0.15, 0.2) is 5.69 Å². The van der Waals surface area contributed by atoms with Crippen molar-refractivity contribution < 1.29 is 13.9 Å². The van der Waals surface area contributed by atoms with Crippen molar-refractivity contribution in [3.05, 3.63) is 34.7 Å². The van der Waals surface area contributed by atoms with Gasteiger partial charge in [0.05, 0.1) is 11.8 Å². The topological polar surface area (TPSA) is 92.6 Å². The predicted octanol–water partition coefficient (Wildman–Crippen LogP) is 2.53. The monoisotopic (exact) mass is 331 g/mol. The summed E-state index contributed by atoms with van der Waals surface area (Å²) >= 11 is 0. The number of hydrogen-bond acceptors (Lipinski definition) is 5. The van der Waals surface area contributed by atoms with Gasteiger partial charge in [0.1, 0.15) is 5.58 Å². The van der Waals surface area contributed by atoms with Crippen LogP contribution in [0.15, 0.2) is 33.5 Å². The van der Waals surface area contributed by atoms with Crippen LogP contribution in [0.25, 0.3) is 11.0 Å². The fourth-order valence-electron chi connectivity index (χ4n) is 2.79. The molecule has 1 atom stereocenters. The number of hydrogen-bond donors (Lipinski definition) is 3. The Morgan fingerprint density at radius 1 is 1.29 bits per heavy atom. The summed E-state index contributed by atoms with van der Waals surface area (Å²) in [5, 5.41) is 9.22. The number of carbonyl (C=O) groups excluding carboxylic acids is 1. The normalized spacial score (nSPS) is 17.0. The summed E-state index contributed by atoms with van der Waals surface area (Å²) in [5.74, 6) is 0. The van der Waals surface area contributed by atoms with E-state index in [-0.39, 0.29) is 11.8 Å². The van der Waals surface area contributed by atoms with Crippen LogP contribution in [0.2, 0.25) is 0 Å². The van der Waals surface area contributed by atoms with Gasteiger partial charge in [-0.15, -0.1) is 0 Å². The highest BCUT2D eigenvalue weighted by Gasteiger charge is 2.19. The highest BCUT2D eigenvalue weighted by Crippen LogP contribution is 2.28. The van der Waals surface area contributed by atoms with Crippen LogP contribution in [0, 0.1) is 0 Å². The zero-order valence-corrected chi connectivity index (χ0v) is 13.6. The van der Waals surface area contributed by atoms with Gasteiger partial charge in [-0.05, 0) is 31.9 Å². The standard InChI is InChI=1S/C17H21N3O4/c1-2-18-14-12-7-3-4-8-13(12)24-16(21)15(14)20-17(22)19-10-11-6-5-9-23-11/h3-4,7-8,11,18H,2,5-6,9-10H2,1H3,(H2,19,20,22)/t11-/m1/s1. The minimum absolute atomic E-state index is 0.0389. The van der Waals surface area contributed by atoms with Crippen molar-refractivity contribution in [2.24, 2.45) is 0 Å². The highest BCUT2D eigenvalue weighted by atomic mass is 16.5. The summed E-state index contributed by atoms with van der Waals surface area (Å²) in [7, 11) is 0. The van der Waals surface area contributed by atoms with Gasteiger partial charge in [0.25, 0.3) is 0 Å².